The van der Waals surface area contributed by atoms with E-state index in [0.29, 0.717) is 11.3 Å². The largest absolute Gasteiger partial charge is 0.493 e. The molecular weight excluding hydrogens is 400 g/mol. The molecule has 2 aromatic carbocycles. The summed E-state index contributed by atoms with van der Waals surface area (Å²) in [4.78, 5) is 26.0. The number of rotatable bonds is 7. The molecule has 0 saturated heterocycles. The average molecular weight is 428 g/mol. The zero-order valence-electron chi connectivity index (χ0n) is 18.1. The molecule has 0 N–H and O–H groups in total. The highest BCUT2D eigenvalue weighted by molar-refractivity contribution is 5.69. The Hall–Kier alpha value is -3.29. The molecule has 0 bridgehead atoms. The van der Waals surface area contributed by atoms with Gasteiger partial charge < -0.3 is 19.1 Å². The van der Waals surface area contributed by atoms with E-state index in [1.54, 1.807) is 36.2 Å². The Morgan fingerprint density at radius 3 is 2.26 bits per heavy atom. The summed E-state index contributed by atoms with van der Waals surface area (Å²) in [5.41, 5.74) is 0.641. The van der Waals surface area contributed by atoms with Gasteiger partial charge in [-0.25, -0.2) is 4.79 Å². The van der Waals surface area contributed by atoms with E-state index >= 15 is 0 Å². The minimum Gasteiger partial charge on any atom is -0.493 e. The van der Waals surface area contributed by atoms with E-state index in [4.69, 9.17) is 14.2 Å². The highest BCUT2D eigenvalue weighted by Gasteiger charge is 2.32. The molecule has 0 aromatic heterocycles. The highest BCUT2D eigenvalue weighted by atomic mass is 16.6. The van der Waals surface area contributed by atoms with Crippen molar-refractivity contribution in [2.24, 2.45) is 0 Å². The van der Waals surface area contributed by atoms with Crippen molar-refractivity contribution in [2.75, 3.05) is 21.3 Å². The zero-order chi connectivity index (χ0) is 22.4. The van der Waals surface area contributed by atoms with Gasteiger partial charge in [0.2, 0.25) is 0 Å². The number of nitrogens with zero attached hydrogens (tertiary/aromatic N) is 2. The van der Waals surface area contributed by atoms with Crippen molar-refractivity contribution in [3.63, 3.8) is 0 Å². The van der Waals surface area contributed by atoms with Crippen LogP contribution in [0.3, 0.4) is 0 Å². The average Bonchev–Trinajstić information content (AvgIpc) is 2.82. The number of carbonyl (C=O) groups is 1. The summed E-state index contributed by atoms with van der Waals surface area (Å²) in [7, 11) is 4.59. The van der Waals surface area contributed by atoms with Crippen LogP contribution in [0.15, 0.2) is 42.5 Å². The van der Waals surface area contributed by atoms with Crippen molar-refractivity contribution < 1.29 is 23.9 Å². The molecule has 1 fully saturated rings. The van der Waals surface area contributed by atoms with Crippen molar-refractivity contribution in [3.05, 3.63) is 63.7 Å². The van der Waals surface area contributed by atoms with E-state index in [2.05, 4.69) is 0 Å². The van der Waals surface area contributed by atoms with Crippen LogP contribution in [0.4, 0.5) is 10.5 Å². The summed E-state index contributed by atoms with van der Waals surface area (Å²) < 4.78 is 16.5. The first-order chi connectivity index (χ1) is 15.0. The molecule has 1 atom stereocenters. The molecule has 1 aliphatic carbocycles. The maximum atomic E-state index is 13.0. The molecular formula is C23H28N2O6. The molecule has 1 amide bonds. The van der Waals surface area contributed by atoms with Gasteiger partial charge in [0, 0.05) is 13.1 Å². The van der Waals surface area contributed by atoms with E-state index in [9.17, 15) is 14.9 Å². The third-order valence-corrected chi connectivity index (χ3v) is 5.74. The number of hydrogen-bond donors (Lipinski definition) is 0. The lowest BCUT2D eigenvalue weighted by molar-refractivity contribution is -0.386. The standard InChI is InChI=1S/C23H28N2O6/c1-24(17-12-8-5-9-13-17)23(26)31-22(16-10-6-4-7-11-16)18-14-20(29-2)21(30-3)15-19(18)25(27)28/h4,6-7,10-11,14-15,17,22H,5,8-9,12-13H2,1-3H3. The summed E-state index contributed by atoms with van der Waals surface area (Å²) in [6.45, 7) is 0. The molecule has 0 radical (unpaired) electrons. The van der Waals surface area contributed by atoms with Crippen molar-refractivity contribution in [3.8, 4) is 11.5 Å². The van der Waals surface area contributed by atoms with Gasteiger partial charge in [0.15, 0.2) is 17.6 Å². The summed E-state index contributed by atoms with van der Waals surface area (Å²) in [5, 5.41) is 11.9. The van der Waals surface area contributed by atoms with Crippen molar-refractivity contribution >= 4 is 11.8 Å². The van der Waals surface area contributed by atoms with Crippen LogP contribution in [0.5, 0.6) is 11.5 Å². The minimum atomic E-state index is -0.972. The molecule has 0 heterocycles. The molecule has 3 rings (SSSR count). The number of hydrogen-bond acceptors (Lipinski definition) is 6. The predicted molar refractivity (Wildman–Crippen MR) is 116 cm³/mol. The molecule has 31 heavy (non-hydrogen) atoms. The molecule has 0 aliphatic heterocycles. The van der Waals surface area contributed by atoms with Gasteiger partial charge in [0.1, 0.15) is 0 Å². The van der Waals surface area contributed by atoms with Gasteiger partial charge in [-0.1, -0.05) is 49.6 Å². The fourth-order valence-corrected chi connectivity index (χ4v) is 3.99. The van der Waals surface area contributed by atoms with Gasteiger partial charge >= 0.3 is 6.09 Å². The van der Waals surface area contributed by atoms with Crippen molar-refractivity contribution in [1.29, 1.82) is 0 Å². The Kier molecular flexibility index (Phi) is 7.33. The van der Waals surface area contributed by atoms with Crippen LogP contribution in [-0.2, 0) is 4.74 Å². The topological polar surface area (TPSA) is 91.1 Å². The first-order valence-corrected chi connectivity index (χ1v) is 10.3. The van der Waals surface area contributed by atoms with Crippen LogP contribution in [0.2, 0.25) is 0 Å². The van der Waals surface area contributed by atoms with E-state index < -0.39 is 17.1 Å². The fourth-order valence-electron chi connectivity index (χ4n) is 3.99. The third kappa shape index (κ3) is 5.07. The molecule has 1 unspecified atom stereocenters. The summed E-state index contributed by atoms with van der Waals surface area (Å²) >= 11 is 0. The fraction of sp³-hybridized carbons (Fsp3) is 0.435. The van der Waals surface area contributed by atoms with Gasteiger partial charge in [-0.2, -0.15) is 0 Å². The monoisotopic (exact) mass is 428 g/mol. The number of nitro benzene ring substituents is 1. The molecule has 166 valence electrons. The van der Waals surface area contributed by atoms with Crippen LogP contribution in [0.25, 0.3) is 0 Å². The number of amides is 1. The lowest BCUT2D eigenvalue weighted by Gasteiger charge is -2.32. The number of ether oxygens (including phenoxy) is 3. The second-order valence-electron chi connectivity index (χ2n) is 7.60. The van der Waals surface area contributed by atoms with Crippen molar-refractivity contribution in [1.82, 2.24) is 4.90 Å². The number of carbonyl (C=O) groups excluding carboxylic acids is 1. The maximum absolute atomic E-state index is 13.0. The summed E-state index contributed by atoms with van der Waals surface area (Å²) in [5.74, 6) is 0.552. The van der Waals surface area contributed by atoms with E-state index in [1.807, 2.05) is 6.07 Å². The quantitative estimate of drug-likeness (QED) is 0.450. The van der Waals surface area contributed by atoms with Crippen LogP contribution in [-0.4, -0.2) is 43.2 Å². The maximum Gasteiger partial charge on any atom is 0.410 e. The molecule has 8 heteroatoms. The first-order valence-electron chi connectivity index (χ1n) is 10.3. The number of benzene rings is 2. The first kappa shape index (κ1) is 22.4. The van der Waals surface area contributed by atoms with E-state index in [1.165, 1.54) is 32.8 Å². The SMILES string of the molecule is COc1cc(C(OC(=O)N(C)C2CCCCC2)c2ccccc2)c([N+](=O)[O-])cc1OC. The highest BCUT2D eigenvalue weighted by Crippen LogP contribution is 2.41. The Labute approximate surface area is 181 Å². The van der Waals surface area contributed by atoms with Crippen molar-refractivity contribution in [2.45, 2.75) is 44.2 Å². The van der Waals surface area contributed by atoms with E-state index in [-0.39, 0.29) is 23.0 Å². The molecule has 1 saturated carbocycles. The predicted octanol–water partition coefficient (Wildman–Crippen LogP) is 5.10. The molecule has 2 aromatic rings. The van der Waals surface area contributed by atoms with Gasteiger partial charge in [0.05, 0.1) is 30.8 Å². The Morgan fingerprint density at radius 2 is 1.68 bits per heavy atom. The van der Waals surface area contributed by atoms with Crippen LogP contribution in [0.1, 0.15) is 49.3 Å². The normalized spacial score (nSPS) is 15.1. The van der Waals surface area contributed by atoms with Crippen LogP contribution >= 0.6 is 0 Å². The zero-order valence-corrected chi connectivity index (χ0v) is 18.1. The lowest BCUT2D eigenvalue weighted by Crippen LogP contribution is -2.39. The molecule has 8 nitrogen and oxygen atoms in total. The van der Waals surface area contributed by atoms with Gasteiger partial charge in [-0.15, -0.1) is 0 Å². The third-order valence-electron chi connectivity index (χ3n) is 5.74. The summed E-state index contributed by atoms with van der Waals surface area (Å²) in [6, 6.07) is 11.9. The summed E-state index contributed by atoms with van der Waals surface area (Å²) in [6.07, 6.45) is 3.70. The van der Waals surface area contributed by atoms with Crippen LogP contribution in [0, 0.1) is 10.1 Å². The van der Waals surface area contributed by atoms with Gasteiger partial charge in [-0.05, 0) is 24.5 Å². The number of nitro groups is 1. The Morgan fingerprint density at radius 1 is 1.06 bits per heavy atom. The number of methoxy groups -OCH3 is 2. The Balaban J connectivity index is 2.02. The second-order valence-corrected chi connectivity index (χ2v) is 7.60. The molecule has 1 aliphatic rings. The minimum absolute atomic E-state index is 0.109. The van der Waals surface area contributed by atoms with Gasteiger partial charge in [0.25, 0.3) is 5.69 Å². The molecule has 0 spiro atoms. The Bertz CT molecular complexity index is 912. The lowest BCUT2D eigenvalue weighted by atomic mass is 9.95. The second kappa shape index (κ2) is 10.1. The smallest absolute Gasteiger partial charge is 0.410 e. The van der Waals surface area contributed by atoms with Gasteiger partial charge in [-0.3, -0.25) is 10.1 Å². The van der Waals surface area contributed by atoms with E-state index in [0.717, 1.165) is 25.7 Å². The van der Waals surface area contributed by atoms with Crippen LogP contribution < -0.4 is 9.47 Å².